The van der Waals surface area contributed by atoms with E-state index in [1.807, 2.05) is 0 Å². The second-order valence-corrected chi connectivity index (χ2v) is 5.70. The van der Waals surface area contributed by atoms with Gasteiger partial charge in [-0.2, -0.15) is 0 Å². The third kappa shape index (κ3) is 2.83. The van der Waals surface area contributed by atoms with Crippen molar-refractivity contribution in [1.29, 1.82) is 0 Å². The molecular formula is C14H24O. The van der Waals surface area contributed by atoms with Crippen LogP contribution in [-0.2, 0) is 4.79 Å². The molecule has 0 bridgehead atoms. The smallest absolute Gasteiger partial charge is 0.136 e. The van der Waals surface area contributed by atoms with E-state index in [2.05, 4.69) is 6.92 Å². The van der Waals surface area contributed by atoms with Gasteiger partial charge in [0.15, 0.2) is 0 Å². The number of hydrogen-bond acceptors (Lipinski definition) is 1. The molecule has 0 aromatic heterocycles. The van der Waals surface area contributed by atoms with Crippen molar-refractivity contribution >= 4 is 5.78 Å². The molecule has 0 aliphatic heterocycles. The molecule has 2 saturated carbocycles. The van der Waals surface area contributed by atoms with Gasteiger partial charge in [-0.15, -0.1) is 0 Å². The molecule has 0 N–H and O–H groups in total. The van der Waals surface area contributed by atoms with Gasteiger partial charge in [-0.1, -0.05) is 32.6 Å². The lowest BCUT2D eigenvalue weighted by molar-refractivity contribution is -0.125. The van der Waals surface area contributed by atoms with Crippen molar-refractivity contribution in [3.63, 3.8) is 0 Å². The summed E-state index contributed by atoms with van der Waals surface area (Å²) in [6, 6.07) is 0. The van der Waals surface area contributed by atoms with Crippen LogP contribution in [0, 0.1) is 17.8 Å². The molecule has 0 aromatic carbocycles. The summed E-state index contributed by atoms with van der Waals surface area (Å²) in [4.78, 5) is 12.0. The molecule has 2 rings (SSSR count). The topological polar surface area (TPSA) is 17.1 Å². The Morgan fingerprint density at radius 3 is 2.67 bits per heavy atom. The van der Waals surface area contributed by atoms with Gasteiger partial charge >= 0.3 is 0 Å². The third-order valence-electron chi connectivity index (χ3n) is 4.40. The molecule has 0 amide bonds. The van der Waals surface area contributed by atoms with Crippen LogP contribution in [0.3, 0.4) is 0 Å². The van der Waals surface area contributed by atoms with Gasteiger partial charge in [0.2, 0.25) is 0 Å². The minimum absolute atomic E-state index is 0.440. The van der Waals surface area contributed by atoms with Crippen LogP contribution in [0.4, 0.5) is 0 Å². The van der Waals surface area contributed by atoms with E-state index in [0.29, 0.717) is 11.7 Å². The average Bonchev–Trinajstić information content (AvgIpc) is 2.43. The number of rotatable bonds is 1. The molecule has 2 fully saturated rings. The zero-order valence-electron chi connectivity index (χ0n) is 10.0. The molecule has 3 unspecified atom stereocenters. The lowest BCUT2D eigenvalue weighted by Gasteiger charge is -2.32. The van der Waals surface area contributed by atoms with E-state index in [9.17, 15) is 4.79 Å². The molecule has 0 aromatic rings. The van der Waals surface area contributed by atoms with E-state index < -0.39 is 0 Å². The van der Waals surface area contributed by atoms with Crippen LogP contribution >= 0.6 is 0 Å². The number of carbonyl (C=O) groups is 1. The minimum Gasteiger partial charge on any atom is -0.299 e. The second-order valence-electron chi connectivity index (χ2n) is 5.70. The van der Waals surface area contributed by atoms with Crippen LogP contribution in [0.5, 0.6) is 0 Å². The van der Waals surface area contributed by atoms with Crippen LogP contribution in [-0.4, -0.2) is 5.78 Å². The number of hydrogen-bond donors (Lipinski definition) is 0. The van der Waals surface area contributed by atoms with Crippen molar-refractivity contribution < 1.29 is 4.79 Å². The van der Waals surface area contributed by atoms with Gasteiger partial charge in [0.05, 0.1) is 0 Å². The van der Waals surface area contributed by atoms with E-state index in [4.69, 9.17) is 0 Å². The first kappa shape index (κ1) is 11.2. The van der Waals surface area contributed by atoms with Crippen molar-refractivity contribution in [1.82, 2.24) is 0 Å². The van der Waals surface area contributed by atoms with Gasteiger partial charge in [0.1, 0.15) is 5.78 Å². The first-order valence-corrected chi connectivity index (χ1v) is 6.80. The van der Waals surface area contributed by atoms with E-state index >= 15 is 0 Å². The molecule has 2 aliphatic rings. The first-order valence-electron chi connectivity index (χ1n) is 6.80. The van der Waals surface area contributed by atoms with Gasteiger partial charge < -0.3 is 0 Å². The molecule has 15 heavy (non-hydrogen) atoms. The molecule has 0 radical (unpaired) electrons. The van der Waals surface area contributed by atoms with Gasteiger partial charge in [0.25, 0.3) is 0 Å². The summed E-state index contributed by atoms with van der Waals surface area (Å²) in [6.07, 6.45) is 11.2. The molecule has 1 heteroatoms. The SMILES string of the molecule is CC1CCCC(C2CCCCCC2=O)C1. The van der Waals surface area contributed by atoms with Crippen LogP contribution in [0.15, 0.2) is 0 Å². The molecule has 0 heterocycles. The third-order valence-corrected chi connectivity index (χ3v) is 4.40. The van der Waals surface area contributed by atoms with Crippen LogP contribution in [0.1, 0.15) is 64.7 Å². The zero-order chi connectivity index (χ0) is 10.7. The van der Waals surface area contributed by atoms with Gasteiger partial charge in [0, 0.05) is 12.3 Å². The molecule has 0 spiro atoms. The number of ketones is 1. The Labute approximate surface area is 93.6 Å². The van der Waals surface area contributed by atoms with E-state index in [1.54, 1.807) is 0 Å². The Balaban J connectivity index is 1.97. The Bertz CT molecular complexity index is 221. The maximum Gasteiger partial charge on any atom is 0.136 e. The highest BCUT2D eigenvalue weighted by Crippen LogP contribution is 2.37. The van der Waals surface area contributed by atoms with Crippen LogP contribution in [0.2, 0.25) is 0 Å². The van der Waals surface area contributed by atoms with Crippen molar-refractivity contribution in [3.05, 3.63) is 0 Å². The largest absolute Gasteiger partial charge is 0.299 e. The zero-order valence-corrected chi connectivity index (χ0v) is 10.0. The predicted octanol–water partition coefficient (Wildman–Crippen LogP) is 3.96. The Hall–Kier alpha value is -0.330. The van der Waals surface area contributed by atoms with Gasteiger partial charge in [-0.25, -0.2) is 0 Å². The summed E-state index contributed by atoms with van der Waals surface area (Å²) in [5.41, 5.74) is 0. The Morgan fingerprint density at radius 2 is 1.87 bits per heavy atom. The van der Waals surface area contributed by atoms with Crippen LogP contribution < -0.4 is 0 Å². The molecule has 2 aliphatic carbocycles. The molecule has 3 atom stereocenters. The van der Waals surface area contributed by atoms with Crippen molar-refractivity contribution in [2.24, 2.45) is 17.8 Å². The van der Waals surface area contributed by atoms with E-state index in [-0.39, 0.29) is 0 Å². The number of Topliss-reactive ketones (excluding diaryl/α,β-unsaturated/α-hetero) is 1. The average molecular weight is 208 g/mol. The molecular weight excluding hydrogens is 184 g/mol. The quantitative estimate of drug-likeness (QED) is 0.596. The maximum absolute atomic E-state index is 12.0. The fourth-order valence-corrected chi connectivity index (χ4v) is 3.53. The monoisotopic (exact) mass is 208 g/mol. The van der Waals surface area contributed by atoms with Gasteiger partial charge in [-0.05, 0) is 37.5 Å². The predicted molar refractivity (Wildman–Crippen MR) is 62.7 cm³/mol. The summed E-state index contributed by atoms with van der Waals surface area (Å²) in [6.45, 7) is 2.35. The highest BCUT2D eigenvalue weighted by molar-refractivity contribution is 5.81. The van der Waals surface area contributed by atoms with Crippen molar-refractivity contribution in [3.8, 4) is 0 Å². The lowest BCUT2D eigenvalue weighted by atomic mass is 9.73. The lowest BCUT2D eigenvalue weighted by Crippen LogP contribution is -2.27. The Morgan fingerprint density at radius 1 is 1.00 bits per heavy atom. The fraction of sp³-hybridized carbons (Fsp3) is 0.929. The summed E-state index contributed by atoms with van der Waals surface area (Å²) < 4.78 is 0. The normalized spacial score (nSPS) is 38.7. The van der Waals surface area contributed by atoms with E-state index in [0.717, 1.165) is 24.7 Å². The maximum atomic E-state index is 12.0. The molecule has 0 saturated heterocycles. The highest BCUT2D eigenvalue weighted by atomic mass is 16.1. The second kappa shape index (κ2) is 5.14. The van der Waals surface area contributed by atoms with Crippen molar-refractivity contribution in [2.75, 3.05) is 0 Å². The number of carbonyl (C=O) groups excluding carboxylic acids is 1. The first-order chi connectivity index (χ1) is 7.27. The van der Waals surface area contributed by atoms with E-state index in [1.165, 1.54) is 44.9 Å². The standard InChI is InChI=1S/C14H24O/c1-11-6-5-7-12(10-11)13-8-3-2-4-9-14(13)15/h11-13H,2-10H2,1H3. The molecule has 1 nitrogen and oxygen atoms in total. The summed E-state index contributed by atoms with van der Waals surface area (Å²) >= 11 is 0. The summed E-state index contributed by atoms with van der Waals surface area (Å²) in [5, 5.41) is 0. The van der Waals surface area contributed by atoms with Crippen LogP contribution in [0.25, 0.3) is 0 Å². The highest BCUT2D eigenvalue weighted by Gasteiger charge is 2.31. The summed E-state index contributed by atoms with van der Waals surface area (Å²) in [7, 11) is 0. The summed E-state index contributed by atoms with van der Waals surface area (Å²) in [5.74, 6) is 2.63. The fourth-order valence-electron chi connectivity index (χ4n) is 3.53. The Kier molecular flexibility index (Phi) is 3.82. The van der Waals surface area contributed by atoms with Crippen molar-refractivity contribution in [2.45, 2.75) is 64.7 Å². The van der Waals surface area contributed by atoms with Gasteiger partial charge in [-0.3, -0.25) is 4.79 Å². The molecule has 86 valence electrons. The minimum atomic E-state index is 0.440.